The molecule has 0 bridgehead atoms. The molecule has 2 heterocycles. The van der Waals surface area contributed by atoms with E-state index in [0.29, 0.717) is 23.1 Å². The third kappa shape index (κ3) is 2.34. The second-order valence-corrected chi connectivity index (χ2v) is 5.41. The van der Waals surface area contributed by atoms with Crippen LogP contribution in [0, 0.1) is 0 Å². The van der Waals surface area contributed by atoms with Crippen molar-refractivity contribution in [1.29, 1.82) is 0 Å². The number of aliphatic carboxylic acids is 1. The summed E-state index contributed by atoms with van der Waals surface area (Å²) in [6.07, 6.45) is 0.316. The summed E-state index contributed by atoms with van der Waals surface area (Å²) in [4.78, 5) is 47.9. The lowest BCUT2D eigenvalue weighted by Crippen LogP contribution is -2.52. The average molecular weight is 302 g/mol. The van der Waals surface area contributed by atoms with Crippen molar-refractivity contribution in [2.24, 2.45) is 0 Å². The predicted molar refractivity (Wildman–Crippen MR) is 73.8 cm³/mol. The molecular formula is C15H14N2O5. The number of rotatable bonds is 3. The fourth-order valence-corrected chi connectivity index (χ4v) is 2.98. The van der Waals surface area contributed by atoms with Crippen molar-refractivity contribution in [3.05, 3.63) is 34.9 Å². The maximum Gasteiger partial charge on any atom is 0.307 e. The van der Waals surface area contributed by atoms with Gasteiger partial charge in [-0.2, -0.15) is 0 Å². The Morgan fingerprint density at radius 2 is 2.09 bits per heavy atom. The number of hydrogen-bond acceptors (Lipinski definition) is 4. The first-order valence-corrected chi connectivity index (χ1v) is 6.94. The number of amides is 3. The van der Waals surface area contributed by atoms with E-state index in [4.69, 9.17) is 5.11 Å². The molecule has 2 aliphatic heterocycles. The molecule has 114 valence electrons. The molecule has 7 nitrogen and oxygen atoms in total. The van der Waals surface area contributed by atoms with Gasteiger partial charge in [0.2, 0.25) is 11.8 Å². The summed E-state index contributed by atoms with van der Waals surface area (Å²) in [5.41, 5.74) is 1.66. The molecule has 0 saturated carbocycles. The van der Waals surface area contributed by atoms with Gasteiger partial charge in [0.15, 0.2) is 0 Å². The Balaban J connectivity index is 1.89. The number of carboxylic acids is 1. The van der Waals surface area contributed by atoms with Gasteiger partial charge in [-0.25, -0.2) is 0 Å². The van der Waals surface area contributed by atoms with Crippen LogP contribution in [0.1, 0.15) is 34.3 Å². The fraction of sp³-hybridized carbons (Fsp3) is 0.333. The Kier molecular flexibility index (Phi) is 3.40. The van der Waals surface area contributed by atoms with Crippen LogP contribution in [-0.2, 0) is 27.3 Å². The normalized spacial score (nSPS) is 20.8. The zero-order valence-corrected chi connectivity index (χ0v) is 11.7. The molecule has 1 unspecified atom stereocenters. The van der Waals surface area contributed by atoms with Crippen LogP contribution in [0.15, 0.2) is 18.2 Å². The van der Waals surface area contributed by atoms with Gasteiger partial charge in [0.1, 0.15) is 6.04 Å². The van der Waals surface area contributed by atoms with Gasteiger partial charge in [-0.3, -0.25) is 24.5 Å². The molecule has 0 spiro atoms. The third-order valence-electron chi connectivity index (χ3n) is 4.02. The minimum absolute atomic E-state index is 0.167. The molecule has 1 aromatic rings. The maximum atomic E-state index is 12.5. The van der Waals surface area contributed by atoms with Gasteiger partial charge in [-0.1, -0.05) is 12.1 Å². The number of piperidine rings is 1. The Morgan fingerprint density at radius 3 is 2.77 bits per heavy atom. The standard InChI is InChI=1S/C15H14N2O5/c18-12-5-4-11(14(21)16-12)17-7-10-8(6-13(19)20)2-1-3-9(10)15(17)22/h1-3,11H,4-7H2,(H,19,20)(H,16,18,21). The number of fused-ring (bicyclic) bond motifs is 1. The molecular weight excluding hydrogens is 288 g/mol. The van der Waals surface area contributed by atoms with Crippen LogP contribution >= 0.6 is 0 Å². The molecule has 1 fully saturated rings. The van der Waals surface area contributed by atoms with E-state index < -0.39 is 17.9 Å². The van der Waals surface area contributed by atoms with E-state index in [0.717, 1.165) is 0 Å². The molecule has 3 rings (SSSR count). The fourth-order valence-electron chi connectivity index (χ4n) is 2.98. The summed E-state index contributed by atoms with van der Waals surface area (Å²) in [6.45, 7) is 0.198. The molecule has 1 saturated heterocycles. The second-order valence-electron chi connectivity index (χ2n) is 5.41. The summed E-state index contributed by atoms with van der Waals surface area (Å²) >= 11 is 0. The van der Waals surface area contributed by atoms with Crippen molar-refractivity contribution >= 4 is 23.7 Å². The van der Waals surface area contributed by atoms with Crippen molar-refractivity contribution in [3.63, 3.8) is 0 Å². The Hall–Kier alpha value is -2.70. The number of hydrogen-bond donors (Lipinski definition) is 2. The smallest absolute Gasteiger partial charge is 0.307 e. The van der Waals surface area contributed by atoms with Gasteiger partial charge < -0.3 is 10.0 Å². The highest BCUT2D eigenvalue weighted by Gasteiger charge is 2.39. The van der Waals surface area contributed by atoms with E-state index in [-0.39, 0.29) is 31.2 Å². The Morgan fingerprint density at radius 1 is 1.32 bits per heavy atom. The van der Waals surface area contributed by atoms with Crippen molar-refractivity contribution < 1.29 is 24.3 Å². The lowest BCUT2D eigenvalue weighted by molar-refractivity contribution is -0.138. The largest absolute Gasteiger partial charge is 0.481 e. The van der Waals surface area contributed by atoms with Crippen LogP contribution in [-0.4, -0.2) is 39.7 Å². The van der Waals surface area contributed by atoms with Gasteiger partial charge >= 0.3 is 5.97 Å². The topological polar surface area (TPSA) is 104 Å². The summed E-state index contributed by atoms with van der Waals surface area (Å²) < 4.78 is 0. The van der Waals surface area contributed by atoms with Crippen molar-refractivity contribution in [3.8, 4) is 0 Å². The first-order valence-electron chi connectivity index (χ1n) is 6.94. The third-order valence-corrected chi connectivity index (χ3v) is 4.02. The summed E-state index contributed by atoms with van der Waals surface area (Å²) in [5, 5.41) is 11.2. The molecule has 3 amide bonds. The van der Waals surface area contributed by atoms with Crippen LogP contribution in [0.5, 0.6) is 0 Å². The molecule has 0 aliphatic carbocycles. The van der Waals surface area contributed by atoms with Crippen LogP contribution in [0.3, 0.4) is 0 Å². The lowest BCUT2D eigenvalue weighted by Gasteiger charge is -2.29. The SMILES string of the molecule is O=C(O)Cc1cccc2c1CN(C1CCC(=O)NC1=O)C2=O. The summed E-state index contributed by atoms with van der Waals surface area (Å²) in [6, 6.07) is 4.27. The van der Waals surface area contributed by atoms with Gasteiger partial charge in [-0.15, -0.1) is 0 Å². The van der Waals surface area contributed by atoms with E-state index >= 15 is 0 Å². The predicted octanol–water partition coefficient (Wildman–Crippen LogP) is 0.0747. The number of nitrogens with zero attached hydrogens (tertiary/aromatic N) is 1. The summed E-state index contributed by atoms with van der Waals surface area (Å²) in [7, 11) is 0. The van der Waals surface area contributed by atoms with Crippen LogP contribution in [0.25, 0.3) is 0 Å². The highest BCUT2D eigenvalue weighted by atomic mass is 16.4. The van der Waals surface area contributed by atoms with E-state index in [9.17, 15) is 19.2 Å². The van der Waals surface area contributed by atoms with Crippen LogP contribution in [0.2, 0.25) is 0 Å². The van der Waals surface area contributed by atoms with Gasteiger partial charge in [0, 0.05) is 18.5 Å². The number of carboxylic acid groups (broad SMARTS) is 1. The van der Waals surface area contributed by atoms with E-state index in [1.807, 2.05) is 0 Å². The molecule has 1 aromatic carbocycles. The van der Waals surface area contributed by atoms with Gasteiger partial charge in [-0.05, 0) is 23.6 Å². The number of benzene rings is 1. The first kappa shape index (κ1) is 14.2. The average Bonchev–Trinajstić information content (AvgIpc) is 2.77. The number of carbonyl (C=O) groups is 4. The number of nitrogens with one attached hydrogen (secondary N) is 1. The first-order chi connectivity index (χ1) is 10.5. The highest BCUT2D eigenvalue weighted by molar-refractivity contribution is 6.05. The molecule has 7 heteroatoms. The van der Waals surface area contributed by atoms with Crippen molar-refractivity contribution in [1.82, 2.24) is 10.2 Å². The number of carbonyl (C=O) groups excluding carboxylic acids is 3. The molecule has 2 N–H and O–H groups in total. The molecule has 1 atom stereocenters. The Labute approximate surface area is 125 Å². The quantitative estimate of drug-likeness (QED) is 0.769. The second kappa shape index (κ2) is 5.25. The summed E-state index contributed by atoms with van der Waals surface area (Å²) in [5.74, 6) is -2.08. The van der Waals surface area contributed by atoms with E-state index in [1.165, 1.54) is 4.90 Å². The van der Waals surface area contributed by atoms with Crippen molar-refractivity contribution in [2.75, 3.05) is 0 Å². The van der Waals surface area contributed by atoms with E-state index in [1.54, 1.807) is 18.2 Å². The Bertz CT molecular complexity index is 697. The number of imide groups is 1. The molecule has 0 radical (unpaired) electrons. The molecule has 0 aromatic heterocycles. The minimum atomic E-state index is -0.972. The van der Waals surface area contributed by atoms with Crippen molar-refractivity contribution in [2.45, 2.75) is 31.8 Å². The van der Waals surface area contributed by atoms with E-state index in [2.05, 4.69) is 5.32 Å². The van der Waals surface area contributed by atoms with Gasteiger partial charge in [0.25, 0.3) is 5.91 Å². The molecule has 2 aliphatic rings. The maximum absolute atomic E-state index is 12.5. The minimum Gasteiger partial charge on any atom is -0.481 e. The zero-order chi connectivity index (χ0) is 15.9. The van der Waals surface area contributed by atoms with Crippen LogP contribution < -0.4 is 5.32 Å². The zero-order valence-electron chi connectivity index (χ0n) is 11.7. The van der Waals surface area contributed by atoms with Gasteiger partial charge in [0.05, 0.1) is 6.42 Å². The van der Waals surface area contributed by atoms with Crippen LogP contribution in [0.4, 0.5) is 0 Å². The monoisotopic (exact) mass is 302 g/mol. The lowest BCUT2D eigenvalue weighted by atomic mass is 10.0. The highest BCUT2D eigenvalue weighted by Crippen LogP contribution is 2.29. The molecule has 22 heavy (non-hydrogen) atoms.